The summed E-state index contributed by atoms with van der Waals surface area (Å²) in [5, 5.41) is 2.91. The summed E-state index contributed by atoms with van der Waals surface area (Å²) in [6, 6.07) is 10.4. The van der Waals surface area contributed by atoms with E-state index in [9.17, 15) is 4.79 Å². The lowest BCUT2D eigenvalue weighted by Gasteiger charge is -2.17. The van der Waals surface area contributed by atoms with Crippen molar-refractivity contribution >= 4 is 5.91 Å². The van der Waals surface area contributed by atoms with E-state index in [0.717, 1.165) is 6.42 Å². The number of nitrogens with one attached hydrogen (secondary N) is 3. The topological polar surface area (TPSA) is 79.2 Å². The van der Waals surface area contributed by atoms with Crippen LogP contribution in [0.15, 0.2) is 30.3 Å². The fraction of sp³-hybridized carbons (Fsp3) is 0.533. The van der Waals surface area contributed by atoms with Crippen molar-refractivity contribution in [3.8, 4) is 0 Å². The number of carbonyl (C=O) groups is 1. The molecule has 20 heavy (non-hydrogen) atoms. The monoisotopic (exact) mass is 276 g/mol. The maximum atomic E-state index is 11.8. The molecule has 0 aliphatic carbocycles. The van der Waals surface area contributed by atoms with E-state index in [-0.39, 0.29) is 23.9 Å². The highest BCUT2D eigenvalue weighted by molar-refractivity contribution is 5.81. The predicted octanol–water partition coefficient (Wildman–Crippen LogP) is 0.694. The second-order valence-corrected chi connectivity index (χ2v) is 5.70. The molecule has 1 saturated heterocycles. The van der Waals surface area contributed by atoms with Crippen LogP contribution in [-0.2, 0) is 4.79 Å². The van der Waals surface area contributed by atoms with E-state index in [1.54, 1.807) is 0 Å². The Morgan fingerprint density at radius 2 is 2.05 bits per heavy atom. The van der Waals surface area contributed by atoms with Crippen LogP contribution in [0.5, 0.6) is 0 Å². The number of benzene rings is 1. The highest BCUT2D eigenvalue weighted by Gasteiger charge is 2.26. The molecule has 1 aliphatic rings. The molecule has 0 bridgehead atoms. The van der Waals surface area contributed by atoms with Gasteiger partial charge in [0, 0.05) is 18.6 Å². The molecule has 1 aromatic rings. The van der Waals surface area contributed by atoms with Gasteiger partial charge in [0.25, 0.3) is 0 Å². The van der Waals surface area contributed by atoms with Gasteiger partial charge in [-0.25, -0.2) is 5.43 Å². The predicted molar refractivity (Wildman–Crippen MR) is 79.7 cm³/mol. The average molecular weight is 276 g/mol. The molecule has 5 nitrogen and oxygen atoms in total. The quantitative estimate of drug-likeness (QED) is 0.638. The van der Waals surface area contributed by atoms with Crippen LogP contribution in [-0.4, -0.2) is 24.5 Å². The molecule has 0 radical (unpaired) electrons. The zero-order valence-corrected chi connectivity index (χ0v) is 12.1. The van der Waals surface area contributed by atoms with Crippen LogP contribution < -0.4 is 21.9 Å². The summed E-state index contributed by atoms with van der Waals surface area (Å²) < 4.78 is 0. The fourth-order valence-electron chi connectivity index (χ4n) is 2.30. The molecule has 2 rings (SSSR count). The van der Waals surface area contributed by atoms with Gasteiger partial charge in [-0.3, -0.25) is 10.2 Å². The smallest absolute Gasteiger partial charge is 0.237 e. The maximum Gasteiger partial charge on any atom is 0.237 e. The summed E-state index contributed by atoms with van der Waals surface area (Å²) in [7, 11) is 0. The van der Waals surface area contributed by atoms with Gasteiger partial charge in [-0.15, -0.1) is 0 Å². The molecule has 0 spiro atoms. The average Bonchev–Trinajstić information content (AvgIpc) is 2.93. The summed E-state index contributed by atoms with van der Waals surface area (Å²) in [5.74, 6) is 0.0756. The third kappa shape index (κ3) is 3.79. The number of hydrogen-bond donors (Lipinski definition) is 4. The zero-order chi connectivity index (χ0) is 14.5. The van der Waals surface area contributed by atoms with Crippen molar-refractivity contribution in [1.29, 1.82) is 0 Å². The van der Waals surface area contributed by atoms with Crippen molar-refractivity contribution in [3.05, 3.63) is 35.9 Å². The summed E-state index contributed by atoms with van der Waals surface area (Å²) in [6.07, 6.45) is 0.946. The van der Waals surface area contributed by atoms with Crippen LogP contribution >= 0.6 is 0 Å². The second-order valence-electron chi connectivity index (χ2n) is 5.70. The van der Waals surface area contributed by atoms with E-state index >= 15 is 0 Å². The summed E-state index contributed by atoms with van der Waals surface area (Å²) in [6.45, 7) is 4.49. The van der Waals surface area contributed by atoms with Crippen LogP contribution in [0.3, 0.4) is 0 Å². The van der Waals surface area contributed by atoms with E-state index in [1.165, 1.54) is 5.56 Å². The molecule has 1 aliphatic heterocycles. The number of carbonyl (C=O) groups excluding carboxylic acids is 1. The van der Waals surface area contributed by atoms with Crippen LogP contribution in [0.25, 0.3) is 0 Å². The molecule has 110 valence electrons. The largest absolute Gasteiger partial charge is 0.353 e. The Kier molecular flexibility index (Phi) is 5.11. The number of hydrazine groups is 1. The third-order valence-electron chi connectivity index (χ3n) is 3.73. The molecule has 5 heteroatoms. The highest BCUT2D eigenvalue weighted by atomic mass is 16.2. The number of amides is 1. The Labute approximate surface area is 120 Å². The van der Waals surface area contributed by atoms with Gasteiger partial charge < -0.3 is 11.1 Å². The Morgan fingerprint density at radius 3 is 2.70 bits per heavy atom. The minimum atomic E-state index is -0.436. The van der Waals surface area contributed by atoms with Crippen molar-refractivity contribution in [3.63, 3.8) is 0 Å². The first kappa shape index (κ1) is 15.0. The van der Waals surface area contributed by atoms with Gasteiger partial charge in [0.1, 0.15) is 0 Å². The van der Waals surface area contributed by atoms with Crippen molar-refractivity contribution < 1.29 is 4.79 Å². The van der Waals surface area contributed by atoms with Crippen molar-refractivity contribution in [2.24, 2.45) is 11.7 Å². The van der Waals surface area contributed by atoms with Gasteiger partial charge in [-0.05, 0) is 17.9 Å². The Morgan fingerprint density at radius 1 is 1.35 bits per heavy atom. The van der Waals surface area contributed by atoms with Crippen LogP contribution in [0.4, 0.5) is 0 Å². The molecule has 1 fully saturated rings. The molecule has 5 N–H and O–H groups in total. The number of nitrogens with two attached hydrogens (primary N) is 1. The van der Waals surface area contributed by atoms with Crippen molar-refractivity contribution in [1.82, 2.24) is 16.2 Å². The van der Waals surface area contributed by atoms with Gasteiger partial charge in [0.15, 0.2) is 0 Å². The highest BCUT2D eigenvalue weighted by Crippen LogP contribution is 2.21. The third-order valence-corrected chi connectivity index (χ3v) is 3.73. The first-order valence-electron chi connectivity index (χ1n) is 7.17. The molecule has 0 saturated carbocycles. The first-order chi connectivity index (χ1) is 9.58. The summed E-state index contributed by atoms with van der Waals surface area (Å²) in [5.41, 5.74) is 13.6. The molecular formula is C15H24N4O. The van der Waals surface area contributed by atoms with Crippen LogP contribution in [0.1, 0.15) is 31.9 Å². The van der Waals surface area contributed by atoms with E-state index < -0.39 is 6.04 Å². The number of hydrogen-bond acceptors (Lipinski definition) is 4. The van der Waals surface area contributed by atoms with Gasteiger partial charge >= 0.3 is 0 Å². The van der Waals surface area contributed by atoms with Crippen molar-refractivity contribution in [2.75, 3.05) is 6.54 Å². The Hall–Kier alpha value is -1.43. The fourth-order valence-corrected chi connectivity index (χ4v) is 2.30. The van der Waals surface area contributed by atoms with E-state index in [1.807, 2.05) is 32.0 Å². The molecule has 1 heterocycles. The number of rotatable bonds is 5. The van der Waals surface area contributed by atoms with Gasteiger partial charge in [-0.2, -0.15) is 0 Å². The molecule has 0 aromatic heterocycles. The molecule has 3 atom stereocenters. The Bertz CT molecular complexity index is 435. The van der Waals surface area contributed by atoms with Crippen molar-refractivity contribution in [2.45, 2.75) is 38.4 Å². The zero-order valence-electron chi connectivity index (χ0n) is 12.1. The second kappa shape index (κ2) is 6.83. The molecule has 1 amide bonds. The normalized spacial score (nSPS) is 23.8. The lowest BCUT2D eigenvalue weighted by Crippen LogP contribution is -2.48. The maximum absolute atomic E-state index is 11.8. The standard InChI is InChI=1S/C15H24N4O/c1-10(2)14(16)15(20)17-9-12-8-13(19-18-12)11-6-4-3-5-7-11/h3-7,10,12-14,18-19H,8-9,16H2,1-2H3,(H,17,20)/t12?,13?,14-/m1/s1. The minimum Gasteiger partial charge on any atom is -0.353 e. The molecule has 2 unspecified atom stereocenters. The van der Waals surface area contributed by atoms with Crippen LogP contribution in [0.2, 0.25) is 0 Å². The van der Waals surface area contributed by atoms with Crippen LogP contribution in [0, 0.1) is 5.92 Å². The van der Waals surface area contributed by atoms with E-state index in [2.05, 4.69) is 28.3 Å². The SMILES string of the molecule is CC(C)[C@@H](N)C(=O)NCC1CC(c2ccccc2)NN1. The molecule has 1 aromatic carbocycles. The summed E-state index contributed by atoms with van der Waals surface area (Å²) in [4.78, 5) is 11.8. The van der Waals surface area contributed by atoms with Gasteiger partial charge in [-0.1, -0.05) is 44.2 Å². The minimum absolute atomic E-state index is 0.0787. The lowest BCUT2D eigenvalue weighted by molar-refractivity contribution is -0.123. The lowest BCUT2D eigenvalue weighted by atomic mass is 10.0. The molecular weight excluding hydrogens is 252 g/mol. The van der Waals surface area contributed by atoms with Gasteiger partial charge in [0.2, 0.25) is 5.91 Å². The van der Waals surface area contributed by atoms with E-state index in [4.69, 9.17) is 5.73 Å². The summed E-state index contributed by atoms with van der Waals surface area (Å²) >= 11 is 0. The van der Waals surface area contributed by atoms with E-state index in [0.29, 0.717) is 6.54 Å². The first-order valence-corrected chi connectivity index (χ1v) is 7.17. The Balaban J connectivity index is 1.78. The van der Waals surface area contributed by atoms with Gasteiger partial charge in [0.05, 0.1) is 6.04 Å².